The number of carboxylic acids is 3. The lowest BCUT2D eigenvalue weighted by Gasteiger charge is -2.41. The number of allylic oxidation sites excluding steroid dienone is 2. The Morgan fingerprint density at radius 2 is 0.884 bits per heavy atom. The summed E-state index contributed by atoms with van der Waals surface area (Å²) >= 11 is 0. The van der Waals surface area contributed by atoms with E-state index in [9.17, 15) is 29.7 Å². The summed E-state index contributed by atoms with van der Waals surface area (Å²) in [5.41, 5.74) is 0. The molecule has 43 heavy (non-hydrogen) atoms. The molecule has 0 heterocycles. The first kappa shape index (κ1) is 41.1. The van der Waals surface area contributed by atoms with E-state index >= 15 is 0 Å². The van der Waals surface area contributed by atoms with Crippen LogP contribution in [0.4, 0.5) is 0 Å². The van der Waals surface area contributed by atoms with Gasteiger partial charge in [0.15, 0.2) is 0 Å². The SMILES string of the molecule is C/C=C/CCCCCCCCCCCCCCCCCC[N+](CCC(C)C(=O)[O-])(CCC(C)C(=O)O)CCC(C)C(=O)O. The van der Waals surface area contributed by atoms with E-state index in [-0.39, 0.29) is 0 Å². The highest BCUT2D eigenvalue weighted by molar-refractivity contribution is 5.69. The molecule has 2 N–H and O–H groups in total. The molecule has 7 nitrogen and oxygen atoms in total. The lowest BCUT2D eigenvalue weighted by Crippen LogP contribution is -2.52. The Bertz CT molecular complexity index is 692. The van der Waals surface area contributed by atoms with Crippen molar-refractivity contribution in [3.05, 3.63) is 12.2 Å². The molecular weight excluding hydrogens is 542 g/mol. The Hall–Kier alpha value is -1.89. The first-order valence-corrected chi connectivity index (χ1v) is 17.7. The van der Waals surface area contributed by atoms with Gasteiger partial charge in [-0.25, -0.2) is 0 Å². The monoisotopic (exact) mass is 609 g/mol. The van der Waals surface area contributed by atoms with E-state index in [2.05, 4.69) is 19.1 Å². The predicted octanol–water partition coefficient (Wildman–Crippen LogP) is 8.01. The maximum absolute atomic E-state index is 11.5. The minimum Gasteiger partial charge on any atom is -0.550 e. The number of nitrogens with zero attached hydrogens (tertiary/aromatic N) is 1. The maximum Gasteiger partial charge on any atom is 0.306 e. The second kappa shape index (κ2) is 26.5. The summed E-state index contributed by atoms with van der Waals surface area (Å²) < 4.78 is 0.587. The molecule has 0 bridgehead atoms. The molecule has 0 aromatic heterocycles. The van der Waals surface area contributed by atoms with Crippen LogP contribution in [0, 0.1) is 17.8 Å². The van der Waals surface area contributed by atoms with Gasteiger partial charge in [0.1, 0.15) is 0 Å². The fraction of sp³-hybridized carbons (Fsp3) is 0.861. The van der Waals surface area contributed by atoms with Crippen LogP contribution in [0.2, 0.25) is 0 Å². The number of quaternary nitrogens is 1. The number of carbonyl (C=O) groups is 3. The number of aliphatic carboxylic acids is 3. The van der Waals surface area contributed by atoms with E-state index in [0.717, 1.165) is 19.4 Å². The first-order valence-electron chi connectivity index (χ1n) is 17.7. The average Bonchev–Trinajstić information content (AvgIpc) is 2.97. The van der Waals surface area contributed by atoms with Crippen LogP contribution in [0.15, 0.2) is 12.2 Å². The molecule has 0 aliphatic rings. The Morgan fingerprint density at radius 1 is 0.558 bits per heavy atom. The number of rotatable bonds is 31. The van der Waals surface area contributed by atoms with Crippen LogP contribution in [0.1, 0.15) is 156 Å². The topological polar surface area (TPSA) is 115 Å². The van der Waals surface area contributed by atoms with Gasteiger partial charge in [0.05, 0.1) is 38.0 Å². The van der Waals surface area contributed by atoms with Crippen molar-refractivity contribution in [2.75, 3.05) is 26.2 Å². The van der Waals surface area contributed by atoms with Crippen LogP contribution in [0.25, 0.3) is 0 Å². The third-order valence-corrected chi connectivity index (χ3v) is 9.34. The van der Waals surface area contributed by atoms with Crippen LogP contribution in [-0.4, -0.2) is 58.8 Å². The quantitative estimate of drug-likeness (QED) is 0.0467. The number of carbonyl (C=O) groups excluding carboxylic acids is 1. The lowest BCUT2D eigenvalue weighted by atomic mass is 10.0. The molecule has 0 rings (SSSR count). The molecule has 0 fully saturated rings. The van der Waals surface area contributed by atoms with Crippen LogP contribution in [-0.2, 0) is 14.4 Å². The van der Waals surface area contributed by atoms with Crippen molar-refractivity contribution in [1.82, 2.24) is 0 Å². The largest absolute Gasteiger partial charge is 0.550 e. The van der Waals surface area contributed by atoms with Gasteiger partial charge in [-0.1, -0.05) is 116 Å². The molecule has 0 aromatic rings. The zero-order valence-electron chi connectivity index (χ0n) is 28.3. The van der Waals surface area contributed by atoms with Gasteiger partial charge in [-0.15, -0.1) is 0 Å². The Labute approximate surface area is 264 Å². The predicted molar refractivity (Wildman–Crippen MR) is 175 cm³/mol. The summed E-state index contributed by atoms with van der Waals surface area (Å²) in [6.07, 6.45) is 27.7. The zero-order valence-corrected chi connectivity index (χ0v) is 28.3. The number of hydrogen-bond acceptors (Lipinski definition) is 4. The summed E-state index contributed by atoms with van der Waals surface area (Å²) in [4.78, 5) is 34.4. The van der Waals surface area contributed by atoms with Crippen LogP contribution >= 0.6 is 0 Å². The summed E-state index contributed by atoms with van der Waals surface area (Å²) in [5.74, 6) is -4.30. The highest BCUT2D eigenvalue weighted by Crippen LogP contribution is 2.22. The van der Waals surface area contributed by atoms with Gasteiger partial charge in [0.2, 0.25) is 0 Å². The van der Waals surface area contributed by atoms with Crippen molar-refractivity contribution in [3.8, 4) is 0 Å². The van der Waals surface area contributed by atoms with E-state index in [1.165, 1.54) is 96.3 Å². The fourth-order valence-corrected chi connectivity index (χ4v) is 5.79. The van der Waals surface area contributed by atoms with E-state index in [0.29, 0.717) is 43.4 Å². The van der Waals surface area contributed by atoms with Crippen molar-refractivity contribution in [2.45, 2.75) is 156 Å². The number of hydrogen-bond donors (Lipinski definition) is 2. The van der Waals surface area contributed by atoms with Crippen molar-refractivity contribution >= 4 is 17.9 Å². The molecule has 0 amide bonds. The summed E-state index contributed by atoms with van der Waals surface area (Å²) in [6, 6.07) is 0. The molecule has 0 aliphatic heterocycles. The van der Waals surface area contributed by atoms with Gasteiger partial charge in [0.25, 0.3) is 0 Å². The molecule has 0 aromatic carbocycles. The molecular formula is C36H67NO6. The van der Waals surface area contributed by atoms with Gasteiger partial charge < -0.3 is 24.6 Å². The third-order valence-electron chi connectivity index (χ3n) is 9.34. The Balaban J connectivity index is 4.41. The molecule has 7 heteroatoms. The smallest absolute Gasteiger partial charge is 0.306 e. The number of unbranched alkanes of at least 4 members (excludes halogenated alkanes) is 16. The molecule has 3 atom stereocenters. The minimum atomic E-state index is -1.07. The average molecular weight is 610 g/mol. The van der Waals surface area contributed by atoms with Gasteiger partial charge in [0, 0.05) is 31.1 Å². The second-order valence-electron chi connectivity index (χ2n) is 13.3. The van der Waals surface area contributed by atoms with Crippen LogP contribution in [0.3, 0.4) is 0 Å². The van der Waals surface area contributed by atoms with Crippen molar-refractivity contribution in [2.24, 2.45) is 17.8 Å². The van der Waals surface area contributed by atoms with Gasteiger partial charge in [-0.3, -0.25) is 9.59 Å². The van der Waals surface area contributed by atoms with Crippen molar-refractivity contribution in [1.29, 1.82) is 0 Å². The standard InChI is InChI=1S/C36H67NO6/c1-5-6-7-8-9-10-11-12-13-14-15-16-17-18-19-20-21-22-23-27-37(28-24-31(2)34(38)39,29-25-32(3)35(40)41)30-26-33(4)36(42)43/h5-6,31-33H,7-30H2,1-4H3,(H2-,38,39,40,41,42,43)/b6-5+. The van der Waals surface area contributed by atoms with Crippen LogP contribution in [0.5, 0.6) is 0 Å². The minimum absolute atomic E-state index is 0.447. The third kappa shape index (κ3) is 23.2. The lowest BCUT2D eigenvalue weighted by molar-refractivity contribution is -0.929. The van der Waals surface area contributed by atoms with E-state index in [1.807, 2.05) is 0 Å². The molecule has 0 saturated carbocycles. The van der Waals surface area contributed by atoms with Crippen molar-refractivity contribution in [3.63, 3.8) is 0 Å². The van der Waals surface area contributed by atoms with E-state index in [4.69, 9.17) is 0 Å². The molecule has 0 radical (unpaired) electrons. The maximum atomic E-state index is 11.5. The molecule has 0 spiro atoms. The van der Waals surface area contributed by atoms with E-state index in [1.54, 1.807) is 20.8 Å². The number of carboxylic acid groups (broad SMARTS) is 3. The Kier molecular flexibility index (Phi) is 25.3. The van der Waals surface area contributed by atoms with E-state index < -0.39 is 35.7 Å². The van der Waals surface area contributed by atoms with Crippen molar-refractivity contribution < 1.29 is 34.2 Å². The summed E-state index contributed by atoms with van der Waals surface area (Å²) in [6.45, 7) is 9.83. The van der Waals surface area contributed by atoms with Gasteiger partial charge >= 0.3 is 11.9 Å². The normalized spacial score (nSPS) is 15.3. The molecule has 0 saturated heterocycles. The highest BCUT2D eigenvalue weighted by atomic mass is 16.4. The first-order chi connectivity index (χ1) is 20.5. The summed E-state index contributed by atoms with van der Waals surface area (Å²) in [5, 5.41) is 30.3. The van der Waals surface area contributed by atoms with Crippen LogP contribution < -0.4 is 5.11 Å². The zero-order chi connectivity index (χ0) is 32.3. The fourth-order valence-electron chi connectivity index (χ4n) is 5.79. The molecule has 3 unspecified atom stereocenters. The molecule has 252 valence electrons. The molecule has 0 aliphatic carbocycles. The second-order valence-corrected chi connectivity index (χ2v) is 13.3. The highest BCUT2D eigenvalue weighted by Gasteiger charge is 2.30. The van der Waals surface area contributed by atoms with Gasteiger partial charge in [-0.2, -0.15) is 0 Å². The Morgan fingerprint density at radius 3 is 1.21 bits per heavy atom. The van der Waals surface area contributed by atoms with Gasteiger partial charge in [-0.05, 0) is 32.6 Å². The summed E-state index contributed by atoms with van der Waals surface area (Å²) in [7, 11) is 0.